The van der Waals surface area contributed by atoms with Crippen LogP contribution >= 0.6 is 0 Å². The molecule has 2 fully saturated rings. The minimum Gasteiger partial charge on any atom is -0.368 e. The fourth-order valence-corrected chi connectivity index (χ4v) is 2.88. The summed E-state index contributed by atoms with van der Waals surface area (Å²) in [6, 6.07) is 0.712. The molecule has 0 bridgehead atoms. The van der Waals surface area contributed by atoms with E-state index in [2.05, 4.69) is 26.1 Å². The standard InChI is InChI=1S/C14H26N2O2/c1-10(2)16(9-12-5-4-7-15-12)14(17)13-11(3)6-8-18-13/h10-13,15H,4-9H2,1-3H3. The van der Waals surface area contributed by atoms with Gasteiger partial charge in [-0.3, -0.25) is 4.79 Å². The molecule has 2 aliphatic heterocycles. The first-order valence-corrected chi connectivity index (χ1v) is 7.25. The van der Waals surface area contributed by atoms with Crippen LogP contribution in [0.4, 0.5) is 0 Å². The summed E-state index contributed by atoms with van der Waals surface area (Å²) in [4.78, 5) is 14.6. The van der Waals surface area contributed by atoms with E-state index >= 15 is 0 Å². The van der Waals surface area contributed by atoms with Crippen LogP contribution in [0.5, 0.6) is 0 Å². The summed E-state index contributed by atoms with van der Waals surface area (Å²) >= 11 is 0. The first-order chi connectivity index (χ1) is 8.59. The van der Waals surface area contributed by atoms with E-state index in [-0.39, 0.29) is 18.1 Å². The molecule has 1 amide bonds. The molecule has 4 heteroatoms. The van der Waals surface area contributed by atoms with Crippen molar-refractivity contribution in [2.24, 2.45) is 5.92 Å². The fourth-order valence-electron chi connectivity index (χ4n) is 2.88. The predicted molar refractivity (Wildman–Crippen MR) is 71.4 cm³/mol. The monoisotopic (exact) mass is 254 g/mol. The molecule has 0 aromatic heterocycles. The minimum atomic E-state index is -0.214. The molecule has 0 spiro atoms. The Morgan fingerprint density at radius 1 is 1.44 bits per heavy atom. The maximum Gasteiger partial charge on any atom is 0.252 e. The van der Waals surface area contributed by atoms with Crippen LogP contribution in [-0.4, -0.2) is 48.7 Å². The fraction of sp³-hybridized carbons (Fsp3) is 0.929. The number of amides is 1. The lowest BCUT2D eigenvalue weighted by atomic mass is 10.0. The summed E-state index contributed by atoms with van der Waals surface area (Å²) in [5, 5.41) is 3.46. The van der Waals surface area contributed by atoms with Crippen LogP contribution in [-0.2, 0) is 9.53 Å². The molecule has 0 saturated carbocycles. The Kier molecular flexibility index (Phi) is 4.62. The van der Waals surface area contributed by atoms with Gasteiger partial charge in [0, 0.05) is 25.2 Å². The Morgan fingerprint density at radius 2 is 2.22 bits per heavy atom. The number of nitrogens with zero attached hydrogens (tertiary/aromatic N) is 1. The molecule has 3 unspecified atom stereocenters. The zero-order valence-electron chi connectivity index (χ0n) is 11.8. The molecule has 2 heterocycles. The van der Waals surface area contributed by atoms with E-state index in [4.69, 9.17) is 4.74 Å². The molecule has 18 heavy (non-hydrogen) atoms. The highest BCUT2D eigenvalue weighted by Crippen LogP contribution is 2.23. The highest BCUT2D eigenvalue weighted by molar-refractivity contribution is 5.81. The van der Waals surface area contributed by atoms with Crippen LogP contribution in [0.2, 0.25) is 0 Å². The lowest BCUT2D eigenvalue weighted by Crippen LogP contribution is -2.49. The van der Waals surface area contributed by atoms with Crippen LogP contribution in [0.25, 0.3) is 0 Å². The van der Waals surface area contributed by atoms with Crippen molar-refractivity contribution in [3.05, 3.63) is 0 Å². The Balaban J connectivity index is 1.97. The highest BCUT2D eigenvalue weighted by atomic mass is 16.5. The number of carbonyl (C=O) groups is 1. The number of hydrogen-bond donors (Lipinski definition) is 1. The average molecular weight is 254 g/mol. The number of hydrogen-bond acceptors (Lipinski definition) is 3. The molecule has 104 valence electrons. The van der Waals surface area contributed by atoms with E-state index in [9.17, 15) is 4.79 Å². The van der Waals surface area contributed by atoms with Crippen molar-refractivity contribution in [2.75, 3.05) is 19.7 Å². The molecule has 2 saturated heterocycles. The van der Waals surface area contributed by atoms with Crippen LogP contribution < -0.4 is 5.32 Å². The summed E-state index contributed by atoms with van der Waals surface area (Å²) in [6.45, 7) is 8.93. The molecule has 0 aliphatic carbocycles. The second-order valence-electron chi connectivity index (χ2n) is 5.93. The third kappa shape index (κ3) is 3.04. The van der Waals surface area contributed by atoms with Gasteiger partial charge >= 0.3 is 0 Å². The molecule has 4 nitrogen and oxygen atoms in total. The summed E-state index contributed by atoms with van der Waals surface area (Å²) < 4.78 is 5.61. The molecule has 0 radical (unpaired) electrons. The number of ether oxygens (including phenoxy) is 1. The average Bonchev–Trinajstić information content (AvgIpc) is 2.95. The van der Waals surface area contributed by atoms with E-state index in [1.165, 1.54) is 12.8 Å². The van der Waals surface area contributed by atoms with Crippen molar-refractivity contribution in [1.82, 2.24) is 10.2 Å². The zero-order valence-corrected chi connectivity index (χ0v) is 11.8. The zero-order chi connectivity index (χ0) is 13.1. The number of rotatable bonds is 4. The van der Waals surface area contributed by atoms with Crippen molar-refractivity contribution < 1.29 is 9.53 Å². The maximum atomic E-state index is 12.6. The SMILES string of the molecule is CC1CCOC1C(=O)N(CC1CCCN1)C(C)C. The maximum absolute atomic E-state index is 12.6. The van der Waals surface area contributed by atoms with E-state index in [0.29, 0.717) is 12.0 Å². The summed E-state index contributed by atoms with van der Waals surface area (Å²) in [5.74, 6) is 0.541. The van der Waals surface area contributed by atoms with Gasteiger partial charge < -0.3 is 15.0 Å². The first kappa shape index (κ1) is 13.8. The van der Waals surface area contributed by atoms with Crippen molar-refractivity contribution in [2.45, 2.75) is 58.2 Å². The third-order valence-corrected chi connectivity index (χ3v) is 4.12. The molecule has 2 rings (SSSR count). The van der Waals surface area contributed by atoms with Gasteiger partial charge in [-0.25, -0.2) is 0 Å². The minimum absolute atomic E-state index is 0.184. The van der Waals surface area contributed by atoms with Gasteiger partial charge in [0.25, 0.3) is 5.91 Å². The van der Waals surface area contributed by atoms with E-state index in [1.54, 1.807) is 0 Å². The van der Waals surface area contributed by atoms with Crippen LogP contribution in [0, 0.1) is 5.92 Å². The first-order valence-electron chi connectivity index (χ1n) is 7.25. The van der Waals surface area contributed by atoms with Crippen molar-refractivity contribution >= 4 is 5.91 Å². The van der Waals surface area contributed by atoms with Crippen LogP contribution in [0.15, 0.2) is 0 Å². The Morgan fingerprint density at radius 3 is 2.72 bits per heavy atom. The van der Waals surface area contributed by atoms with E-state index in [0.717, 1.165) is 26.1 Å². The van der Waals surface area contributed by atoms with Gasteiger partial charge in [-0.1, -0.05) is 6.92 Å². The lowest BCUT2D eigenvalue weighted by molar-refractivity contribution is -0.144. The Bertz CT molecular complexity index is 288. The van der Waals surface area contributed by atoms with Crippen molar-refractivity contribution in [3.8, 4) is 0 Å². The lowest BCUT2D eigenvalue weighted by Gasteiger charge is -2.32. The molecule has 1 N–H and O–H groups in total. The molecule has 0 aromatic carbocycles. The van der Waals surface area contributed by atoms with Gasteiger partial charge in [0.2, 0.25) is 0 Å². The summed E-state index contributed by atoms with van der Waals surface area (Å²) in [5.41, 5.74) is 0. The van der Waals surface area contributed by atoms with Crippen molar-refractivity contribution in [3.63, 3.8) is 0 Å². The third-order valence-electron chi connectivity index (χ3n) is 4.12. The molecular formula is C14H26N2O2. The van der Waals surface area contributed by atoms with Crippen LogP contribution in [0.3, 0.4) is 0 Å². The molecule has 2 aliphatic rings. The second kappa shape index (κ2) is 6.02. The largest absolute Gasteiger partial charge is 0.368 e. The van der Waals surface area contributed by atoms with E-state index < -0.39 is 0 Å². The predicted octanol–water partition coefficient (Wildman–Crippen LogP) is 1.40. The molecule has 0 aromatic rings. The highest BCUT2D eigenvalue weighted by Gasteiger charge is 2.35. The molecule has 3 atom stereocenters. The number of nitrogens with one attached hydrogen (secondary N) is 1. The van der Waals surface area contributed by atoms with Crippen LogP contribution in [0.1, 0.15) is 40.0 Å². The second-order valence-corrected chi connectivity index (χ2v) is 5.93. The topological polar surface area (TPSA) is 41.6 Å². The summed E-state index contributed by atoms with van der Waals surface area (Å²) in [7, 11) is 0. The normalized spacial score (nSPS) is 32.1. The van der Waals surface area contributed by atoms with Gasteiger partial charge in [-0.15, -0.1) is 0 Å². The van der Waals surface area contributed by atoms with Gasteiger partial charge in [-0.05, 0) is 45.6 Å². The number of carbonyl (C=O) groups excluding carboxylic acids is 1. The Labute approximate surface area is 110 Å². The molecular weight excluding hydrogens is 228 g/mol. The van der Waals surface area contributed by atoms with Gasteiger partial charge in [0.15, 0.2) is 0 Å². The Hall–Kier alpha value is -0.610. The quantitative estimate of drug-likeness (QED) is 0.824. The van der Waals surface area contributed by atoms with Crippen molar-refractivity contribution in [1.29, 1.82) is 0 Å². The van der Waals surface area contributed by atoms with Gasteiger partial charge in [-0.2, -0.15) is 0 Å². The smallest absolute Gasteiger partial charge is 0.252 e. The summed E-state index contributed by atoms with van der Waals surface area (Å²) in [6.07, 6.45) is 3.19. The van der Waals surface area contributed by atoms with Gasteiger partial charge in [0.1, 0.15) is 6.10 Å². The van der Waals surface area contributed by atoms with Gasteiger partial charge in [0.05, 0.1) is 0 Å². The van der Waals surface area contributed by atoms with E-state index in [1.807, 2.05) is 4.90 Å².